The molecule has 0 radical (unpaired) electrons. The van der Waals surface area contributed by atoms with Crippen molar-refractivity contribution in [1.29, 1.82) is 0 Å². The predicted molar refractivity (Wildman–Crippen MR) is 105 cm³/mol. The van der Waals surface area contributed by atoms with Gasteiger partial charge in [-0.05, 0) is 48.8 Å². The van der Waals surface area contributed by atoms with E-state index in [1.807, 2.05) is 40.9 Å². The number of piperidine rings is 1. The van der Waals surface area contributed by atoms with Gasteiger partial charge in [0.2, 0.25) is 5.91 Å². The van der Waals surface area contributed by atoms with Crippen molar-refractivity contribution in [2.75, 3.05) is 18.8 Å². The number of oxazole rings is 1. The Morgan fingerprint density at radius 3 is 2.74 bits per heavy atom. The molecule has 0 unspecified atom stereocenters. The van der Waals surface area contributed by atoms with Crippen LogP contribution in [0.15, 0.2) is 56.3 Å². The topological polar surface area (TPSA) is 68.6 Å². The quantitative estimate of drug-likeness (QED) is 0.650. The first-order valence-corrected chi connectivity index (χ1v) is 10.3. The Morgan fingerprint density at radius 2 is 1.96 bits per heavy atom. The molecule has 0 bridgehead atoms. The van der Waals surface area contributed by atoms with Crippen molar-refractivity contribution in [2.45, 2.75) is 25.1 Å². The van der Waals surface area contributed by atoms with Gasteiger partial charge in [-0.3, -0.25) is 9.36 Å². The first-order valence-electron chi connectivity index (χ1n) is 9.17. The summed E-state index contributed by atoms with van der Waals surface area (Å²) in [6.45, 7) is 1.53. The molecule has 3 aromatic rings. The minimum Gasteiger partial charge on any atom is -0.468 e. The molecule has 0 aliphatic carbocycles. The van der Waals surface area contributed by atoms with E-state index in [-0.39, 0.29) is 12.5 Å². The maximum atomic E-state index is 12.6. The van der Waals surface area contributed by atoms with Gasteiger partial charge in [0.1, 0.15) is 12.3 Å². The molecule has 1 aliphatic heterocycles. The Morgan fingerprint density at radius 1 is 1.15 bits per heavy atom. The number of likely N-dealkylation sites (tertiary alicyclic amines) is 1. The molecule has 0 N–H and O–H groups in total. The molecule has 6 nitrogen and oxygen atoms in total. The van der Waals surface area contributed by atoms with Gasteiger partial charge in [0.15, 0.2) is 5.58 Å². The summed E-state index contributed by atoms with van der Waals surface area (Å²) in [5.74, 6) is 3.09. The van der Waals surface area contributed by atoms with Crippen molar-refractivity contribution in [3.8, 4) is 0 Å². The van der Waals surface area contributed by atoms with Crippen LogP contribution in [0.4, 0.5) is 0 Å². The highest BCUT2D eigenvalue weighted by atomic mass is 32.2. The molecular formula is C20H22N2O4S. The highest BCUT2D eigenvalue weighted by molar-refractivity contribution is 7.98. The van der Waals surface area contributed by atoms with Crippen LogP contribution in [0.2, 0.25) is 0 Å². The number of carbonyl (C=O) groups excluding carboxylic acids is 1. The molecule has 1 amide bonds. The van der Waals surface area contributed by atoms with Crippen molar-refractivity contribution in [3.05, 3.63) is 59.0 Å². The van der Waals surface area contributed by atoms with Gasteiger partial charge in [-0.15, -0.1) is 0 Å². The maximum Gasteiger partial charge on any atom is 0.420 e. The molecule has 1 saturated heterocycles. The van der Waals surface area contributed by atoms with E-state index < -0.39 is 5.76 Å². The second-order valence-corrected chi connectivity index (χ2v) is 7.87. The third kappa shape index (κ3) is 4.13. The lowest BCUT2D eigenvalue weighted by Crippen LogP contribution is -2.41. The number of hydrogen-bond acceptors (Lipinski definition) is 5. The lowest BCUT2D eigenvalue weighted by atomic mass is 9.99. The van der Waals surface area contributed by atoms with E-state index in [0.29, 0.717) is 17.0 Å². The van der Waals surface area contributed by atoms with Gasteiger partial charge in [-0.25, -0.2) is 4.79 Å². The molecule has 0 atom stereocenters. The number of thioether (sulfide) groups is 1. The first-order chi connectivity index (χ1) is 13.2. The van der Waals surface area contributed by atoms with Crippen LogP contribution in [0.25, 0.3) is 11.1 Å². The average Bonchev–Trinajstić information content (AvgIpc) is 3.31. The summed E-state index contributed by atoms with van der Waals surface area (Å²) >= 11 is 1.88. The summed E-state index contributed by atoms with van der Waals surface area (Å²) in [6, 6.07) is 11.1. The highest BCUT2D eigenvalue weighted by Crippen LogP contribution is 2.24. The maximum absolute atomic E-state index is 12.6. The molecule has 4 rings (SSSR count). The van der Waals surface area contributed by atoms with Gasteiger partial charge in [0.05, 0.1) is 17.5 Å². The third-order valence-electron chi connectivity index (χ3n) is 5.01. The Kier molecular flexibility index (Phi) is 5.38. The number of hydrogen-bond donors (Lipinski definition) is 0. The van der Waals surface area contributed by atoms with Crippen LogP contribution in [-0.2, 0) is 17.1 Å². The number of benzene rings is 1. The van der Waals surface area contributed by atoms with Crippen LogP contribution in [0, 0.1) is 5.92 Å². The van der Waals surface area contributed by atoms with Gasteiger partial charge < -0.3 is 13.7 Å². The molecular weight excluding hydrogens is 364 g/mol. The predicted octanol–water partition coefficient (Wildman–Crippen LogP) is 3.36. The number of fused-ring (bicyclic) bond motifs is 1. The van der Waals surface area contributed by atoms with E-state index in [1.165, 1.54) is 4.57 Å². The van der Waals surface area contributed by atoms with E-state index in [9.17, 15) is 9.59 Å². The fourth-order valence-corrected chi connectivity index (χ4v) is 4.62. The van der Waals surface area contributed by atoms with Gasteiger partial charge in [0.25, 0.3) is 0 Å². The van der Waals surface area contributed by atoms with Crippen molar-refractivity contribution in [2.24, 2.45) is 5.92 Å². The molecule has 27 heavy (non-hydrogen) atoms. The summed E-state index contributed by atoms with van der Waals surface area (Å²) in [7, 11) is 0. The summed E-state index contributed by atoms with van der Waals surface area (Å²) in [4.78, 5) is 26.5. The van der Waals surface area contributed by atoms with Crippen LogP contribution in [0.5, 0.6) is 0 Å². The van der Waals surface area contributed by atoms with Crippen LogP contribution >= 0.6 is 11.8 Å². The SMILES string of the molecule is O=C(Cn1c(=O)oc2ccccc21)N1CCC(CSCc2ccco2)CC1. The third-order valence-corrected chi connectivity index (χ3v) is 6.21. The Bertz CT molecular complexity index is 952. The first kappa shape index (κ1) is 18.0. The Balaban J connectivity index is 1.28. The second kappa shape index (κ2) is 8.08. The molecule has 1 aliphatic rings. The minimum atomic E-state index is -0.478. The Hall–Kier alpha value is -2.41. The van der Waals surface area contributed by atoms with Crippen LogP contribution < -0.4 is 5.76 Å². The van der Waals surface area contributed by atoms with Gasteiger partial charge in [0, 0.05) is 13.1 Å². The molecule has 0 saturated carbocycles. The number of furan rings is 1. The fraction of sp³-hybridized carbons (Fsp3) is 0.400. The molecule has 1 aromatic carbocycles. The fourth-order valence-electron chi connectivity index (χ4n) is 3.47. The Labute approximate surface area is 161 Å². The smallest absolute Gasteiger partial charge is 0.420 e. The summed E-state index contributed by atoms with van der Waals surface area (Å²) in [6.07, 6.45) is 3.70. The molecule has 1 fully saturated rings. The number of amides is 1. The number of aromatic nitrogens is 1. The van der Waals surface area contributed by atoms with E-state index >= 15 is 0 Å². The normalized spacial score (nSPS) is 15.5. The van der Waals surface area contributed by atoms with Crippen LogP contribution in [-0.4, -0.2) is 34.2 Å². The second-order valence-electron chi connectivity index (χ2n) is 6.84. The number of nitrogens with zero attached hydrogens (tertiary/aromatic N) is 2. The number of para-hydroxylation sites is 2. The minimum absolute atomic E-state index is 0.0228. The van der Waals surface area contributed by atoms with Gasteiger partial charge in [-0.2, -0.15) is 11.8 Å². The van der Waals surface area contributed by atoms with Crippen molar-refractivity contribution < 1.29 is 13.6 Å². The van der Waals surface area contributed by atoms with E-state index in [0.717, 1.165) is 43.2 Å². The average molecular weight is 386 g/mol. The van der Waals surface area contributed by atoms with Gasteiger partial charge >= 0.3 is 5.76 Å². The molecule has 3 heterocycles. The van der Waals surface area contributed by atoms with E-state index in [1.54, 1.807) is 18.4 Å². The largest absolute Gasteiger partial charge is 0.468 e. The zero-order valence-electron chi connectivity index (χ0n) is 15.0. The van der Waals surface area contributed by atoms with E-state index in [4.69, 9.17) is 8.83 Å². The lowest BCUT2D eigenvalue weighted by molar-refractivity contribution is -0.133. The van der Waals surface area contributed by atoms with Crippen molar-refractivity contribution in [1.82, 2.24) is 9.47 Å². The van der Waals surface area contributed by atoms with Crippen molar-refractivity contribution in [3.63, 3.8) is 0 Å². The molecule has 0 spiro atoms. The van der Waals surface area contributed by atoms with Crippen molar-refractivity contribution >= 4 is 28.8 Å². The van der Waals surface area contributed by atoms with E-state index in [2.05, 4.69) is 0 Å². The highest BCUT2D eigenvalue weighted by Gasteiger charge is 2.24. The standard InChI is InChI=1S/C20H22N2O4S/c23-19(12-22-17-5-1-2-6-18(17)26-20(22)24)21-9-7-15(8-10-21)13-27-14-16-4-3-11-25-16/h1-6,11,15H,7-10,12-14H2. The zero-order chi connectivity index (χ0) is 18.6. The molecule has 2 aromatic heterocycles. The van der Waals surface area contributed by atoms with Gasteiger partial charge in [-0.1, -0.05) is 12.1 Å². The number of carbonyl (C=O) groups is 1. The summed E-state index contributed by atoms with van der Waals surface area (Å²) in [5.41, 5.74) is 1.18. The lowest BCUT2D eigenvalue weighted by Gasteiger charge is -2.32. The zero-order valence-corrected chi connectivity index (χ0v) is 15.8. The number of rotatable bonds is 6. The summed E-state index contributed by atoms with van der Waals surface area (Å²) < 4.78 is 12.0. The molecule has 7 heteroatoms. The summed E-state index contributed by atoms with van der Waals surface area (Å²) in [5, 5.41) is 0. The van der Waals surface area contributed by atoms with Crippen LogP contribution in [0.3, 0.4) is 0 Å². The molecule has 142 valence electrons. The monoisotopic (exact) mass is 386 g/mol. The van der Waals surface area contributed by atoms with Crippen LogP contribution in [0.1, 0.15) is 18.6 Å².